The van der Waals surface area contributed by atoms with Gasteiger partial charge in [-0.25, -0.2) is 4.79 Å². The van der Waals surface area contributed by atoms with Crippen LogP contribution in [0.25, 0.3) is 0 Å². The molecule has 0 saturated heterocycles. The number of nitrogens with one attached hydrogen (secondary N) is 1. The van der Waals surface area contributed by atoms with Crippen molar-refractivity contribution in [2.45, 2.75) is 32.9 Å². The second-order valence-electron chi connectivity index (χ2n) is 5.31. The van der Waals surface area contributed by atoms with Crippen molar-refractivity contribution in [3.8, 4) is 0 Å². The van der Waals surface area contributed by atoms with E-state index in [2.05, 4.69) is 20.6 Å². The molecule has 124 valence electrons. The first-order valence-electron chi connectivity index (χ1n) is 6.74. The maximum atomic E-state index is 11.7. The number of ether oxygens (including phenoxy) is 1. The molecule has 10 heteroatoms. The smallest absolute Gasteiger partial charge is 0.331 e. The number of carboxylic acid groups (broad SMARTS) is 1. The molecule has 0 aliphatic rings. The molecule has 2 rings (SSSR count). The molecule has 0 radical (unpaired) electrons. The van der Waals surface area contributed by atoms with Gasteiger partial charge < -0.3 is 19.7 Å². The summed E-state index contributed by atoms with van der Waals surface area (Å²) in [4.78, 5) is 26.8. The molecule has 0 aliphatic heterocycles. The van der Waals surface area contributed by atoms with E-state index in [0.29, 0.717) is 11.5 Å². The van der Waals surface area contributed by atoms with E-state index in [4.69, 9.17) is 14.4 Å². The molecule has 0 bridgehead atoms. The maximum Gasteiger partial charge on any atom is 0.331 e. The lowest BCUT2D eigenvalue weighted by Gasteiger charge is -2.19. The first-order valence-corrected chi connectivity index (χ1v) is 6.74. The fourth-order valence-electron chi connectivity index (χ4n) is 1.62. The Morgan fingerprint density at radius 3 is 2.83 bits per heavy atom. The summed E-state index contributed by atoms with van der Waals surface area (Å²) in [6.45, 7) is 4.50. The molecule has 0 aromatic carbocycles. The Bertz CT molecular complexity index is 705. The van der Waals surface area contributed by atoms with Crippen LogP contribution >= 0.6 is 0 Å². The zero-order valence-electron chi connectivity index (χ0n) is 12.9. The minimum Gasteiger partial charge on any atom is -0.479 e. The normalized spacial score (nSPS) is 11.4. The van der Waals surface area contributed by atoms with Gasteiger partial charge in [-0.15, -0.1) is 0 Å². The number of nitrogens with zero attached hydrogens (tertiary/aromatic N) is 4. The number of carboxylic acids is 1. The molecule has 0 fully saturated rings. The molecule has 2 N–H and O–H groups in total. The van der Waals surface area contributed by atoms with E-state index in [0.717, 1.165) is 0 Å². The van der Waals surface area contributed by atoms with E-state index in [1.807, 2.05) is 0 Å². The molecule has 0 aliphatic carbocycles. The Kier molecular flexibility index (Phi) is 4.74. The van der Waals surface area contributed by atoms with Crippen molar-refractivity contribution in [2.75, 3.05) is 11.9 Å². The summed E-state index contributed by atoms with van der Waals surface area (Å²) in [6, 6.07) is 0. The third-order valence-electron chi connectivity index (χ3n) is 2.99. The van der Waals surface area contributed by atoms with Gasteiger partial charge in [0.2, 0.25) is 5.91 Å². The topological polar surface area (TPSA) is 132 Å². The van der Waals surface area contributed by atoms with Gasteiger partial charge >= 0.3 is 5.97 Å². The Morgan fingerprint density at radius 1 is 1.48 bits per heavy atom. The summed E-state index contributed by atoms with van der Waals surface area (Å²) < 4.78 is 11.2. The Morgan fingerprint density at radius 2 is 2.22 bits per heavy atom. The van der Waals surface area contributed by atoms with Crippen LogP contribution < -0.4 is 5.32 Å². The predicted octanol–water partition coefficient (Wildman–Crippen LogP) is 0.550. The van der Waals surface area contributed by atoms with Crippen LogP contribution in [0.15, 0.2) is 16.9 Å². The Balaban J connectivity index is 1.84. The van der Waals surface area contributed by atoms with Crippen molar-refractivity contribution in [1.29, 1.82) is 0 Å². The van der Waals surface area contributed by atoms with Crippen LogP contribution in [-0.4, -0.2) is 43.5 Å². The summed E-state index contributed by atoms with van der Waals surface area (Å²) in [5.74, 6) is -0.668. The minimum atomic E-state index is -1.21. The van der Waals surface area contributed by atoms with Crippen LogP contribution in [0.1, 0.15) is 25.6 Å². The fourth-order valence-corrected chi connectivity index (χ4v) is 1.62. The van der Waals surface area contributed by atoms with E-state index < -0.39 is 17.4 Å². The van der Waals surface area contributed by atoms with Crippen LogP contribution in [-0.2, 0) is 26.5 Å². The molecule has 0 atom stereocenters. The molecule has 2 aromatic rings. The number of hydrogen-bond donors (Lipinski definition) is 2. The summed E-state index contributed by atoms with van der Waals surface area (Å²) in [5.41, 5.74) is -0.837. The van der Waals surface area contributed by atoms with Crippen LogP contribution in [0.2, 0.25) is 0 Å². The monoisotopic (exact) mass is 323 g/mol. The molecule has 1 amide bonds. The van der Waals surface area contributed by atoms with E-state index in [1.54, 1.807) is 6.92 Å². The molecule has 2 aromatic heterocycles. The second kappa shape index (κ2) is 6.57. The van der Waals surface area contributed by atoms with Crippen molar-refractivity contribution in [3.63, 3.8) is 0 Å². The SMILES string of the molecule is Cc1noc(COCC(=O)Nc2cnn(C(C)(C)C(=O)O)c2)n1. The molecule has 2 heterocycles. The van der Waals surface area contributed by atoms with Gasteiger partial charge in [0.15, 0.2) is 11.4 Å². The average molecular weight is 323 g/mol. The van der Waals surface area contributed by atoms with Crippen molar-refractivity contribution in [3.05, 3.63) is 24.1 Å². The van der Waals surface area contributed by atoms with Crippen molar-refractivity contribution < 1.29 is 24.0 Å². The lowest BCUT2D eigenvalue weighted by molar-refractivity contribution is -0.146. The number of aromatic nitrogens is 4. The van der Waals surface area contributed by atoms with Crippen molar-refractivity contribution in [1.82, 2.24) is 19.9 Å². The quantitative estimate of drug-likeness (QED) is 0.754. The van der Waals surface area contributed by atoms with Crippen LogP contribution in [0.4, 0.5) is 5.69 Å². The lowest BCUT2D eigenvalue weighted by Crippen LogP contribution is -2.35. The average Bonchev–Trinajstić information content (AvgIpc) is 3.08. The summed E-state index contributed by atoms with van der Waals surface area (Å²) >= 11 is 0. The maximum absolute atomic E-state index is 11.7. The zero-order valence-corrected chi connectivity index (χ0v) is 12.9. The van der Waals surface area contributed by atoms with Gasteiger partial charge in [-0.05, 0) is 20.8 Å². The number of anilines is 1. The summed E-state index contributed by atoms with van der Waals surface area (Å²) in [6.07, 6.45) is 2.80. The van der Waals surface area contributed by atoms with E-state index >= 15 is 0 Å². The molecular formula is C13H17N5O5. The van der Waals surface area contributed by atoms with Crippen molar-refractivity contribution in [2.24, 2.45) is 0 Å². The van der Waals surface area contributed by atoms with Gasteiger partial charge in [-0.1, -0.05) is 5.16 Å². The van der Waals surface area contributed by atoms with E-state index in [9.17, 15) is 9.59 Å². The fraction of sp³-hybridized carbons (Fsp3) is 0.462. The first kappa shape index (κ1) is 16.6. The number of aliphatic carboxylic acids is 1. The van der Waals surface area contributed by atoms with E-state index in [-0.39, 0.29) is 19.1 Å². The standard InChI is InChI=1S/C13H17N5O5/c1-8-15-11(23-17-8)7-22-6-10(19)16-9-4-14-18(5-9)13(2,3)12(20)21/h4-5H,6-7H2,1-3H3,(H,16,19)(H,20,21). The highest BCUT2D eigenvalue weighted by Gasteiger charge is 2.30. The van der Waals surface area contributed by atoms with Gasteiger partial charge in [0.1, 0.15) is 13.2 Å². The lowest BCUT2D eigenvalue weighted by atomic mass is 10.1. The molecule has 0 spiro atoms. The number of amides is 1. The Labute approximate surface area is 131 Å². The number of hydrogen-bond acceptors (Lipinski definition) is 7. The third-order valence-corrected chi connectivity index (χ3v) is 2.99. The molecule has 0 unspecified atom stereocenters. The van der Waals surface area contributed by atoms with Crippen LogP contribution in [0, 0.1) is 6.92 Å². The first-order chi connectivity index (χ1) is 10.8. The minimum absolute atomic E-state index is 0.0273. The highest BCUT2D eigenvalue weighted by molar-refractivity contribution is 5.91. The van der Waals surface area contributed by atoms with Gasteiger partial charge in [0, 0.05) is 6.20 Å². The highest BCUT2D eigenvalue weighted by atomic mass is 16.5. The van der Waals surface area contributed by atoms with Crippen LogP contribution in [0.3, 0.4) is 0 Å². The van der Waals surface area contributed by atoms with Crippen LogP contribution in [0.5, 0.6) is 0 Å². The van der Waals surface area contributed by atoms with E-state index in [1.165, 1.54) is 30.9 Å². The number of carbonyl (C=O) groups excluding carboxylic acids is 1. The van der Waals surface area contributed by atoms with Gasteiger partial charge in [-0.2, -0.15) is 10.1 Å². The van der Waals surface area contributed by atoms with Gasteiger partial charge in [-0.3, -0.25) is 9.48 Å². The molecule has 0 saturated carbocycles. The molecule has 23 heavy (non-hydrogen) atoms. The second-order valence-corrected chi connectivity index (χ2v) is 5.31. The largest absolute Gasteiger partial charge is 0.479 e. The third kappa shape index (κ3) is 4.13. The molecular weight excluding hydrogens is 306 g/mol. The molecule has 10 nitrogen and oxygen atoms in total. The summed E-state index contributed by atoms with van der Waals surface area (Å²) in [5, 5.41) is 19.2. The van der Waals surface area contributed by atoms with Gasteiger partial charge in [0.05, 0.1) is 11.9 Å². The number of rotatable bonds is 7. The summed E-state index contributed by atoms with van der Waals surface area (Å²) in [7, 11) is 0. The number of carbonyl (C=O) groups is 2. The highest BCUT2D eigenvalue weighted by Crippen LogP contribution is 2.17. The van der Waals surface area contributed by atoms with Crippen molar-refractivity contribution >= 4 is 17.6 Å². The Hall–Kier alpha value is -2.75. The van der Waals surface area contributed by atoms with Gasteiger partial charge in [0.25, 0.3) is 5.89 Å². The predicted molar refractivity (Wildman–Crippen MR) is 76.5 cm³/mol. The number of aryl methyl sites for hydroxylation is 1. The zero-order chi connectivity index (χ0) is 17.0.